The molecule has 3 aromatic carbocycles. The minimum atomic E-state index is -0.504. The van der Waals surface area contributed by atoms with Crippen molar-refractivity contribution in [2.45, 2.75) is 6.54 Å². The lowest BCUT2D eigenvalue weighted by atomic mass is 10.1. The smallest absolute Gasteiger partial charge is 0.292 e. The summed E-state index contributed by atoms with van der Waals surface area (Å²) in [4.78, 5) is 23.8. The molecule has 0 aliphatic heterocycles. The first-order chi connectivity index (χ1) is 13.5. The van der Waals surface area contributed by atoms with Crippen LogP contribution in [-0.4, -0.2) is 31.5 Å². The number of hydrogen-bond donors (Lipinski definition) is 2. The first-order valence-electron chi connectivity index (χ1n) is 8.87. The number of carbonyl (C=O) groups is 1. The van der Waals surface area contributed by atoms with Gasteiger partial charge in [0.15, 0.2) is 6.54 Å². The van der Waals surface area contributed by atoms with Crippen molar-refractivity contribution < 1.29 is 19.4 Å². The molecule has 1 amide bonds. The number of fused-ring (bicyclic) bond motifs is 1. The van der Waals surface area contributed by atoms with Gasteiger partial charge in [0.1, 0.15) is 18.0 Å². The largest absolute Gasteiger partial charge is 0.497 e. The van der Waals surface area contributed by atoms with Crippen LogP contribution in [0, 0.1) is 10.1 Å². The van der Waals surface area contributed by atoms with Crippen LogP contribution in [0.2, 0.25) is 0 Å². The number of methoxy groups -OCH3 is 1. The summed E-state index contributed by atoms with van der Waals surface area (Å²) < 4.78 is 5.24. The van der Waals surface area contributed by atoms with Gasteiger partial charge in [-0.05, 0) is 35.0 Å². The number of likely N-dealkylation sites (N-methyl/N-ethyl adjacent to an activating group) is 1. The van der Waals surface area contributed by atoms with Crippen molar-refractivity contribution >= 4 is 28.1 Å². The lowest BCUT2D eigenvalue weighted by molar-refractivity contribution is -0.885. The van der Waals surface area contributed by atoms with Crippen LogP contribution in [0.4, 0.5) is 11.4 Å². The maximum atomic E-state index is 12.3. The van der Waals surface area contributed by atoms with Gasteiger partial charge >= 0.3 is 0 Å². The van der Waals surface area contributed by atoms with Gasteiger partial charge < -0.3 is 15.0 Å². The van der Waals surface area contributed by atoms with Crippen LogP contribution in [0.1, 0.15) is 5.56 Å². The number of ether oxygens (including phenoxy) is 1. The number of anilines is 1. The highest BCUT2D eigenvalue weighted by molar-refractivity contribution is 5.93. The summed E-state index contributed by atoms with van der Waals surface area (Å²) in [7, 11) is 3.56. The molecule has 1 unspecified atom stereocenters. The van der Waals surface area contributed by atoms with Gasteiger partial charge in [0, 0.05) is 11.6 Å². The Hall–Kier alpha value is -3.45. The van der Waals surface area contributed by atoms with E-state index in [-0.39, 0.29) is 23.8 Å². The quantitative estimate of drug-likeness (QED) is 0.487. The number of hydrogen-bond acceptors (Lipinski definition) is 4. The van der Waals surface area contributed by atoms with E-state index in [0.29, 0.717) is 6.54 Å². The van der Waals surface area contributed by atoms with E-state index in [1.807, 2.05) is 37.4 Å². The topological polar surface area (TPSA) is 85.9 Å². The summed E-state index contributed by atoms with van der Waals surface area (Å²) >= 11 is 0. The number of amides is 1. The number of rotatable bonds is 7. The second-order valence-corrected chi connectivity index (χ2v) is 6.68. The zero-order chi connectivity index (χ0) is 20.1. The van der Waals surface area contributed by atoms with Crippen LogP contribution in [0.25, 0.3) is 10.8 Å². The fourth-order valence-electron chi connectivity index (χ4n) is 3.13. The zero-order valence-corrected chi connectivity index (χ0v) is 15.8. The third kappa shape index (κ3) is 4.63. The molecular weight excluding hydrogens is 358 g/mol. The Labute approximate surface area is 162 Å². The first kappa shape index (κ1) is 19.3. The molecule has 28 heavy (non-hydrogen) atoms. The third-order valence-electron chi connectivity index (χ3n) is 4.45. The summed E-state index contributed by atoms with van der Waals surface area (Å²) in [5.74, 6) is 0.548. The SMILES string of the molecule is COc1ccc2cc(C[NH+](C)CC(=O)Nc3ccccc3[N+](=O)[O-])ccc2c1. The van der Waals surface area contributed by atoms with Crippen LogP contribution in [0.5, 0.6) is 5.75 Å². The number of quaternary nitrogens is 1. The van der Waals surface area contributed by atoms with Crippen molar-refractivity contribution in [3.63, 3.8) is 0 Å². The molecule has 0 heterocycles. The standard InChI is InChI=1S/C21H21N3O4/c1-23(14-21(25)22-19-5-3-4-6-20(19)24(26)27)13-15-7-8-17-12-18(28-2)10-9-16(17)11-15/h3-12H,13-14H2,1-2H3,(H,22,25)/p+1. The van der Waals surface area contributed by atoms with Crippen LogP contribution in [0.15, 0.2) is 60.7 Å². The molecule has 3 rings (SSSR count). The predicted octanol–water partition coefficient (Wildman–Crippen LogP) is 2.41. The van der Waals surface area contributed by atoms with Gasteiger partial charge in [-0.1, -0.05) is 30.3 Å². The molecule has 3 aromatic rings. The van der Waals surface area contributed by atoms with Gasteiger partial charge in [0.25, 0.3) is 11.6 Å². The van der Waals surface area contributed by atoms with Crippen molar-refractivity contribution in [2.75, 3.05) is 26.0 Å². The molecular formula is C21H22N3O4+. The number of nitrogens with one attached hydrogen (secondary N) is 2. The number of nitro benzene ring substituents is 1. The molecule has 0 bridgehead atoms. The van der Waals surface area contributed by atoms with E-state index in [0.717, 1.165) is 27.0 Å². The molecule has 0 aliphatic rings. The third-order valence-corrected chi connectivity index (χ3v) is 4.45. The summed E-state index contributed by atoms with van der Waals surface area (Å²) in [6.07, 6.45) is 0. The maximum Gasteiger partial charge on any atom is 0.292 e. The second kappa shape index (κ2) is 8.49. The van der Waals surface area contributed by atoms with Gasteiger partial charge in [0.2, 0.25) is 0 Å². The minimum Gasteiger partial charge on any atom is -0.497 e. The predicted molar refractivity (Wildman–Crippen MR) is 108 cm³/mol. The van der Waals surface area contributed by atoms with Crippen molar-refractivity contribution in [2.24, 2.45) is 0 Å². The van der Waals surface area contributed by atoms with Gasteiger partial charge in [-0.15, -0.1) is 0 Å². The number of para-hydroxylation sites is 2. The Morgan fingerprint density at radius 2 is 1.82 bits per heavy atom. The van der Waals surface area contributed by atoms with E-state index < -0.39 is 4.92 Å². The fraction of sp³-hybridized carbons (Fsp3) is 0.190. The van der Waals surface area contributed by atoms with E-state index in [9.17, 15) is 14.9 Å². The van der Waals surface area contributed by atoms with Crippen LogP contribution in [0.3, 0.4) is 0 Å². The van der Waals surface area contributed by atoms with E-state index in [4.69, 9.17) is 4.74 Å². The van der Waals surface area contributed by atoms with Crippen LogP contribution >= 0.6 is 0 Å². The van der Waals surface area contributed by atoms with Gasteiger partial charge in [-0.3, -0.25) is 14.9 Å². The highest BCUT2D eigenvalue weighted by atomic mass is 16.6. The Kier molecular flexibility index (Phi) is 5.86. The maximum absolute atomic E-state index is 12.3. The van der Waals surface area contributed by atoms with Crippen molar-refractivity contribution in [3.8, 4) is 5.75 Å². The highest BCUT2D eigenvalue weighted by Crippen LogP contribution is 2.23. The van der Waals surface area contributed by atoms with E-state index >= 15 is 0 Å². The van der Waals surface area contributed by atoms with Gasteiger partial charge in [0.05, 0.1) is 19.1 Å². The van der Waals surface area contributed by atoms with E-state index in [1.54, 1.807) is 19.2 Å². The second-order valence-electron chi connectivity index (χ2n) is 6.68. The van der Waals surface area contributed by atoms with Crippen molar-refractivity contribution in [1.82, 2.24) is 0 Å². The number of benzene rings is 3. The lowest BCUT2D eigenvalue weighted by Gasteiger charge is -2.14. The Morgan fingerprint density at radius 1 is 1.11 bits per heavy atom. The number of nitro groups is 1. The van der Waals surface area contributed by atoms with Crippen molar-refractivity contribution in [3.05, 3.63) is 76.3 Å². The minimum absolute atomic E-state index is 0.113. The van der Waals surface area contributed by atoms with Crippen molar-refractivity contribution in [1.29, 1.82) is 0 Å². The molecule has 0 saturated carbocycles. The highest BCUT2D eigenvalue weighted by Gasteiger charge is 2.17. The average molecular weight is 380 g/mol. The average Bonchev–Trinajstić information content (AvgIpc) is 2.67. The van der Waals surface area contributed by atoms with Crippen LogP contribution in [-0.2, 0) is 11.3 Å². The molecule has 0 spiro atoms. The molecule has 7 heteroatoms. The number of nitrogens with zero attached hydrogens (tertiary/aromatic N) is 1. The zero-order valence-electron chi connectivity index (χ0n) is 15.8. The lowest BCUT2D eigenvalue weighted by Crippen LogP contribution is -3.08. The molecule has 0 radical (unpaired) electrons. The van der Waals surface area contributed by atoms with Crippen LogP contribution < -0.4 is 15.0 Å². The molecule has 144 valence electrons. The summed E-state index contributed by atoms with van der Waals surface area (Å²) in [6, 6.07) is 18.2. The summed E-state index contributed by atoms with van der Waals surface area (Å²) in [5.41, 5.74) is 1.21. The Morgan fingerprint density at radius 3 is 2.57 bits per heavy atom. The summed E-state index contributed by atoms with van der Waals surface area (Å²) in [5, 5.41) is 15.9. The van der Waals surface area contributed by atoms with E-state index in [2.05, 4.69) is 11.4 Å². The summed E-state index contributed by atoms with van der Waals surface area (Å²) in [6.45, 7) is 0.860. The normalized spacial score (nSPS) is 11.8. The molecule has 2 N–H and O–H groups in total. The molecule has 0 aliphatic carbocycles. The Bertz CT molecular complexity index is 1020. The molecule has 0 fully saturated rings. The molecule has 0 saturated heterocycles. The van der Waals surface area contributed by atoms with E-state index in [1.165, 1.54) is 12.1 Å². The number of carbonyl (C=O) groups excluding carboxylic acids is 1. The Balaban J connectivity index is 1.63. The molecule has 1 atom stereocenters. The fourth-order valence-corrected chi connectivity index (χ4v) is 3.13. The molecule has 0 aromatic heterocycles. The van der Waals surface area contributed by atoms with Gasteiger partial charge in [-0.25, -0.2) is 0 Å². The van der Waals surface area contributed by atoms with Gasteiger partial charge in [-0.2, -0.15) is 0 Å². The molecule has 7 nitrogen and oxygen atoms in total. The monoisotopic (exact) mass is 380 g/mol. The first-order valence-corrected chi connectivity index (χ1v) is 8.87.